The van der Waals surface area contributed by atoms with Crippen molar-refractivity contribution in [3.8, 4) is 0 Å². The van der Waals surface area contributed by atoms with Crippen molar-refractivity contribution in [2.45, 2.75) is 85.1 Å². The maximum Gasteiger partial charge on any atom is 0.00391 e. The normalized spacial score (nSPS) is 13.1. The van der Waals surface area contributed by atoms with Crippen molar-refractivity contribution in [1.29, 1.82) is 0 Å². The number of rotatable bonds is 14. The average Bonchev–Trinajstić information content (AvgIpc) is 2.42. The molecule has 0 aliphatic rings. The molecule has 0 fully saturated rings. The van der Waals surface area contributed by atoms with E-state index in [2.05, 4.69) is 37.9 Å². The first-order chi connectivity index (χ1) is 9.24. The molecular formula is C17H38N2. The van der Waals surface area contributed by atoms with Crippen LogP contribution in [0.4, 0.5) is 0 Å². The molecule has 2 nitrogen and oxygen atoms in total. The molecule has 0 radical (unpaired) electrons. The first kappa shape index (κ1) is 18.9. The van der Waals surface area contributed by atoms with E-state index in [-0.39, 0.29) is 0 Å². The van der Waals surface area contributed by atoms with E-state index in [0.29, 0.717) is 6.04 Å². The fourth-order valence-electron chi connectivity index (χ4n) is 2.52. The zero-order chi connectivity index (χ0) is 14.3. The van der Waals surface area contributed by atoms with Crippen LogP contribution in [0.15, 0.2) is 0 Å². The monoisotopic (exact) mass is 270 g/mol. The lowest BCUT2D eigenvalue weighted by Crippen LogP contribution is -2.29. The van der Waals surface area contributed by atoms with Gasteiger partial charge in [0.1, 0.15) is 0 Å². The molecule has 1 unspecified atom stereocenters. The van der Waals surface area contributed by atoms with Crippen LogP contribution in [0.1, 0.15) is 79.1 Å². The van der Waals surface area contributed by atoms with Crippen LogP contribution in [-0.2, 0) is 0 Å². The predicted octanol–water partition coefficient (Wildman–Crippen LogP) is 4.45. The Kier molecular flexibility index (Phi) is 14.3. The highest BCUT2D eigenvalue weighted by Gasteiger charge is 2.03. The zero-order valence-corrected chi connectivity index (χ0v) is 14.0. The fraction of sp³-hybridized carbons (Fsp3) is 1.00. The molecule has 0 bridgehead atoms. The van der Waals surface area contributed by atoms with Crippen LogP contribution in [0.2, 0.25) is 0 Å². The van der Waals surface area contributed by atoms with Gasteiger partial charge in [-0.15, -0.1) is 0 Å². The topological polar surface area (TPSA) is 15.3 Å². The molecule has 0 saturated carbocycles. The molecule has 0 amide bonds. The van der Waals surface area contributed by atoms with Crippen molar-refractivity contribution >= 4 is 0 Å². The maximum absolute atomic E-state index is 3.66. The highest BCUT2D eigenvalue weighted by molar-refractivity contribution is 4.63. The average molecular weight is 271 g/mol. The first-order valence-electron chi connectivity index (χ1n) is 8.70. The van der Waals surface area contributed by atoms with E-state index < -0.39 is 0 Å². The predicted molar refractivity (Wildman–Crippen MR) is 87.9 cm³/mol. The largest absolute Gasteiger partial charge is 0.314 e. The smallest absolute Gasteiger partial charge is 0.00391 e. The molecule has 0 aromatic heterocycles. The Morgan fingerprint density at radius 3 is 2.11 bits per heavy atom. The Bertz CT molecular complexity index is 167. The third-order valence-electron chi connectivity index (χ3n) is 4.03. The lowest BCUT2D eigenvalue weighted by Gasteiger charge is -2.19. The first-order valence-corrected chi connectivity index (χ1v) is 8.70. The van der Waals surface area contributed by atoms with Gasteiger partial charge in [0.15, 0.2) is 0 Å². The number of nitrogens with one attached hydrogen (secondary N) is 1. The quantitative estimate of drug-likeness (QED) is 0.469. The van der Waals surface area contributed by atoms with E-state index in [1.807, 2.05) is 0 Å². The summed E-state index contributed by atoms with van der Waals surface area (Å²) in [6, 6.07) is 0.686. The third-order valence-corrected chi connectivity index (χ3v) is 4.03. The van der Waals surface area contributed by atoms with E-state index in [0.717, 1.165) is 0 Å². The molecule has 0 saturated heterocycles. The molecule has 0 rings (SSSR count). The summed E-state index contributed by atoms with van der Waals surface area (Å²) in [5.41, 5.74) is 0. The maximum atomic E-state index is 3.66. The summed E-state index contributed by atoms with van der Waals surface area (Å²) in [7, 11) is 0. The number of hydrogen-bond donors (Lipinski definition) is 1. The van der Waals surface area contributed by atoms with Crippen LogP contribution in [0.25, 0.3) is 0 Å². The van der Waals surface area contributed by atoms with Gasteiger partial charge in [0, 0.05) is 6.04 Å². The van der Waals surface area contributed by atoms with Crippen molar-refractivity contribution in [2.75, 3.05) is 26.2 Å². The van der Waals surface area contributed by atoms with E-state index in [4.69, 9.17) is 0 Å². The van der Waals surface area contributed by atoms with E-state index >= 15 is 0 Å². The number of unbranched alkanes of at least 4 members (excludes halogenated alkanes) is 5. The van der Waals surface area contributed by atoms with Crippen LogP contribution >= 0.6 is 0 Å². The van der Waals surface area contributed by atoms with E-state index in [1.54, 1.807) is 0 Å². The van der Waals surface area contributed by atoms with Crippen molar-refractivity contribution < 1.29 is 0 Å². The van der Waals surface area contributed by atoms with Crippen molar-refractivity contribution in [3.05, 3.63) is 0 Å². The van der Waals surface area contributed by atoms with E-state index in [1.165, 1.54) is 77.5 Å². The van der Waals surface area contributed by atoms with Gasteiger partial charge in [-0.25, -0.2) is 0 Å². The van der Waals surface area contributed by atoms with Crippen molar-refractivity contribution in [2.24, 2.45) is 0 Å². The summed E-state index contributed by atoms with van der Waals surface area (Å²) in [6.07, 6.45) is 11.0. The summed E-state index contributed by atoms with van der Waals surface area (Å²) in [5.74, 6) is 0. The zero-order valence-electron chi connectivity index (χ0n) is 14.0. The van der Waals surface area contributed by atoms with Gasteiger partial charge in [-0.1, -0.05) is 52.9 Å². The van der Waals surface area contributed by atoms with Gasteiger partial charge in [0.05, 0.1) is 0 Å². The molecular weight excluding hydrogens is 232 g/mol. The standard InChI is InChI=1S/C17H38N2/c1-5-8-9-10-11-12-15-18-17(4)14-13-16-19(6-2)7-3/h17-18H,5-16H2,1-4H3. The van der Waals surface area contributed by atoms with Crippen molar-refractivity contribution in [3.63, 3.8) is 0 Å². The van der Waals surface area contributed by atoms with Crippen LogP contribution in [0, 0.1) is 0 Å². The lowest BCUT2D eigenvalue weighted by molar-refractivity contribution is 0.290. The Balaban J connectivity index is 3.27. The fourth-order valence-corrected chi connectivity index (χ4v) is 2.52. The highest BCUT2D eigenvalue weighted by Crippen LogP contribution is 2.05. The third kappa shape index (κ3) is 12.7. The Hall–Kier alpha value is -0.0800. The molecule has 1 atom stereocenters. The molecule has 19 heavy (non-hydrogen) atoms. The Labute approximate surface area is 122 Å². The van der Waals surface area contributed by atoms with E-state index in [9.17, 15) is 0 Å². The van der Waals surface area contributed by atoms with Crippen LogP contribution in [0.3, 0.4) is 0 Å². The molecule has 0 aliphatic carbocycles. The second kappa shape index (κ2) is 14.3. The summed E-state index contributed by atoms with van der Waals surface area (Å²) in [6.45, 7) is 14.0. The summed E-state index contributed by atoms with van der Waals surface area (Å²) >= 11 is 0. The minimum Gasteiger partial charge on any atom is -0.314 e. The van der Waals surface area contributed by atoms with Crippen LogP contribution < -0.4 is 5.32 Å². The number of nitrogens with zero attached hydrogens (tertiary/aromatic N) is 1. The molecule has 0 spiro atoms. The molecule has 0 heterocycles. The second-order valence-corrected chi connectivity index (χ2v) is 5.79. The van der Waals surface area contributed by atoms with Gasteiger partial charge in [-0.2, -0.15) is 0 Å². The second-order valence-electron chi connectivity index (χ2n) is 5.79. The lowest BCUT2D eigenvalue weighted by atomic mass is 10.1. The highest BCUT2D eigenvalue weighted by atomic mass is 15.1. The van der Waals surface area contributed by atoms with Gasteiger partial charge in [-0.3, -0.25) is 0 Å². The van der Waals surface area contributed by atoms with Crippen LogP contribution in [0.5, 0.6) is 0 Å². The summed E-state index contributed by atoms with van der Waals surface area (Å²) in [4.78, 5) is 2.51. The Morgan fingerprint density at radius 2 is 1.47 bits per heavy atom. The molecule has 0 aromatic carbocycles. The van der Waals surface area contributed by atoms with Crippen molar-refractivity contribution in [1.82, 2.24) is 10.2 Å². The minimum absolute atomic E-state index is 0.686. The SMILES string of the molecule is CCCCCCCCNC(C)CCCN(CC)CC. The minimum atomic E-state index is 0.686. The molecule has 0 aliphatic heterocycles. The summed E-state index contributed by atoms with van der Waals surface area (Å²) < 4.78 is 0. The van der Waals surface area contributed by atoms with Crippen LogP contribution in [-0.4, -0.2) is 37.1 Å². The van der Waals surface area contributed by atoms with Gasteiger partial charge in [-0.05, 0) is 52.4 Å². The van der Waals surface area contributed by atoms with Gasteiger partial charge in [0.2, 0.25) is 0 Å². The number of hydrogen-bond acceptors (Lipinski definition) is 2. The molecule has 1 N–H and O–H groups in total. The van der Waals surface area contributed by atoms with Gasteiger partial charge in [0.25, 0.3) is 0 Å². The molecule has 0 aromatic rings. The molecule has 2 heteroatoms. The van der Waals surface area contributed by atoms with Gasteiger partial charge < -0.3 is 10.2 Å². The molecule has 116 valence electrons. The summed E-state index contributed by atoms with van der Waals surface area (Å²) in [5, 5.41) is 3.66. The van der Waals surface area contributed by atoms with Gasteiger partial charge >= 0.3 is 0 Å². The Morgan fingerprint density at radius 1 is 0.842 bits per heavy atom.